The first-order valence-electron chi connectivity index (χ1n) is 19.5. The molecule has 0 unspecified atom stereocenters. The highest BCUT2D eigenvalue weighted by molar-refractivity contribution is 6.07. The van der Waals surface area contributed by atoms with Crippen LogP contribution in [0.5, 0.6) is 0 Å². The fourth-order valence-corrected chi connectivity index (χ4v) is 7.16. The summed E-state index contributed by atoms with van der Waals surface area (Å²) in [5, 5.41) is 18.6. The van der Waals surface area contributed by atoms with E-state index >= 15 is 0 Å². The fraction of sp³-hybridized carbons (Fsp3) is 0.182. The molecule has 62 heavy (non-hydrogen) atoms. The molecule has 0 bridgehead atoms. The Kier molecular flexibility index (Phi) is 13.9. The molecule has 0 aliphatic rings. The standard InChI is InChI=1S/2C22H21N7O.2ClH/c23-22-20-21(18-8-4-5-9-19(18)26-22)28(15-24-20)10-11-30-14-17-12-25-27-29(17)13-16-6-2-1-3-7-16;23-22-20-21(18-8-4-5-9-19(18)25-22)28(15-24-20)10-11-30-14-17-13-29(27-26-17)12-16-6-2-1-3-7-16;;/h1-9,12,15H,10-11,13-14H2,(H2,23,26);1-9,13,15H,10-12,14H2,(H2,23,25);2*1H. The van der Waals surface area contributed by atoms with Gasteiger partial charge >= 0.3 is 0 Å². The lowest BCUT2D eigenvalue weighted by Gasteiger charge is -2.09. The number of aromatic nitrogens is 12. The van der Waals surface area contributed by atoms with Gasteiger partial charge < -0.3 is 30.1 Å². The molecule has 4 N–H and O–H groups in total. The maximum Gasteiger partial charge on any atom is 0.152 e. The number of hydrogen-bond donors (Lipinski definition) is 2. The molecule has 0 radical (unpaired) electrons. The molecular formula is C44H44Cl2N14O2. The third kappa shape index (κ3) is 9.64. The van der Waals surface area contributed by atoms with Crippen LogP contribution in [-0.2, 0) is 48.9 Å². The van der Waals surface area contributed by atoms with Crippen LogP contribution in [0.2, 0.25) is 0 Å². The van der Waals surface area contributed by atoms with Crippen molar-refractivity contribution in [3.8, 4) is 0 Å². The SMILES string of the molecule is Cl.Cl.Nc1nc2ccccc2c2c1ncn2CCOCc1cn(Cc2ccccc2)nn1.Nc1nc2ccccc2c2c1ncn2CCOCc1cnnn1Cc1ccccc1. The Labute approximate surface area is 368 Å². The van der Waals surface area contributed by atoms with E-state index < -0.39 is 0 Å². The zero-order valence-corrected chi connectivity index (χ0v) is 35.1. The van der Waals surface area contributed by atoms with Gasteiger partial charge in [-0.3, -0.25) is 0 Å². The molecule has 0 fully saturated rings. The van der Waals surface area contributed by atoms with Crippen LogP contribution in [0, 0.1) is 0 Å². The quantitative estimate of drug-likeness (QED) is 0.108. The molecule has 6 aromatic heterocycles. The van der Waals surface area contributed by atoms with Crippen molar-refractivity contribution in [1.29, 1.82) is 0 Å². The summed E-state index contributed by atoms with van der Waals surface area (Å²) in [6.07, 6.45) is 7.24. The van der Waals surface area contributed by atoms with Crippen molar-refractivity contribution in [2.45, 2.75) is 39.4 Å². The van der Waals surface area contributed by atoms with Crippen molar-refractivity contribution < 1.29 is 9.47 Å². The lowest BCUT2D eigenvalue weighted by atomic mass is 10.2. The first-order valence-corrected chi connectivity index (χ1v) is 19.5. The topological polar surface area (TPSA) is 193 Å². The maximum atomic E-state index is 6.10. The lowest BCUT2D eigenvalue weighted by Crippen LogP contribution is -2.10. The Morgan fingerprint density at radius 2 is 1.08 bits per heavy atom. The third-order valence-electron chi connectivity index (χ3n) is 10.1. The summed E-state index contributed by atoms with van der Waals surface area (Å²) in [5.41, 5.74) is 21.4. The number of nitrogens with two attached hydrogens (primary N) is 2. The van der Waals surface area contributed by atoms with Gasteiger partial charge in [-0.2, -0.15) is 0 Å². The highest BCUT2D eigenvalue weighted by atomic mass is 35.5. The second-order valence-electron chi connectivity index (χ2n) is 14.2. The summed E-state index contributed by atoms with van der Waals surface area (Å²) < 4.78 is 19.6. The van der Waals surface area contributed by atoms with E-state index in [1.807, 2.05) is 100 Å². The summed E-state index contributed by atoms with van der Waals surface area (Å²) in [7, 11) is 0. The van der Waals surface area contributed by atoms with Gasteiger partial charge in [0.25, 0.3) is 0 Å². The minimum Gasteiger partial charge on any atom is -0.382 e. The van der Waals surface area contributed by atoms with Crippen molar-refractivity contribution in [2.24, 2.45) is 0 Å². The maximum absolute atomic E-state index is 6.10. The highest BCUT2D eigenvalue weighted by Crippen LogP contribution is 2.28. The molecule has 18 heteroatoms. The van der Waals surface area contributed by atoms with E-state index in [4.69, 9.17) is 20.9 Å². The number of fused-ring (bicyclic) bond motifs is 6. The Hall–Kier alpha value is -6.98. The number of rotatable bonds is 14. The van der Waals surface area contributed by atoms with Crippen LogP contribution in [0.15, 0.2) is 134 Å². The average molecular weight is 872 g/mol. The minimum atomic E-state index is 0. The van der Waals surface area contributed by atoms with E-state index in [0.29, 0.717) is 64.2 Å². The molecule has 0 aliphatic heterocycles. The van der Waals surface area contributed by atoms with E-state index in [-0.39, 0.29) is 24.8 Å². The Bertz CT molecular complexity index is 3010. The van der Waals surface area contributed by atoms with Gasteiger partial charge in [-0.15, -0.1) is 35.0 Å². The van der Waals surface area contributed by atoms with Gasteiger partial charge in [0.2, 0.25) is 0 Å². The number of anilines is 2. The molecule has 0 atom stereocenters. The number of nitrogens with zero attached hydrogens (tertiary/aromatic N) is 12. The zero-order chi connectivity index (χ0) is 40.7. The van der Waals surface area contributed by atoms with Crippen LogP contribution in [0.1, 0.15) is 22.5 Å². The highest BCUT2D eigenvalue weighted by Gasteiger charge is 2.14. The molecule has 0 amide bonds. The Balaban J connectivity index is 0.000000181. The first kappa shape index (κ1) is 43.1. The van der Waals surface area contributed by atoms with E-state index in [1.54, 1.807) is 18.9 Å². The average Bonchev–Trinajstić information content (AvgIpc) is 4.11. The molecule has 0 saturated heterocycles. The fourth-order valence-electron chi connectivity index (χ4n) is 7.16. The lowest BCUT2D eigenvalue weighted by molar-refractivity contribution is 0.108. The van der Waals surface area contributed by atoms with Crippen LogP contribution >= 0.6 is 24.8 Å². The van der Waals surface area contributed by atoms with Crippen molar-refractivity contribution >= 4 is 80.3 Å². The molecule has 0 spiro atoms. The molecule has 0 saturated carbocycles. The Morgan fingerprint density at radius 3 is 1.66 bits per heavy atom. The number of ether oxygens (including phenoxy) is 2. The summed E-state index contributed by atoms with van der Waals surface area (Å²) in [5.74, 6) is 0.887. The number of hydrogen-bond acceptors (Lipinski definition) is 12. The van der Waals surface area contributed by atoms with Crippen molar-refractivity contribution in [2.75, 3.05) is 24.7 Å². The summed E-state index contributed by atoms with van der Waals surface area (Å²) in [4.78, 5) is 17.8. The van der Waals surface area contributed by atoms with Crippen LogP contribution < -0.4 is 11.5 Å². The van der Waals surface area contributed by atoms with Crippen LogP contribution in [0.3, 0.4) is 0 Å². The summed E-state index contributed by atoms with van der Waals surface area (Å²) in [6, 6.07) is 36.2. The van der Waals surface area contributed by atoms with E-state index in [2.05, 4.69) is 74.0 Å². The van der Waals surface area contributed by atoms with Crippen molar-refractivity contribution in [3.63, 3.8) is 0 Å². The molecule has 10 rings (SSSR count). The number of pyridine rings is 2. The van der Waals surface area contributed by atoms with Gasteiger partial charge in [0.05, 0.1) is 92.3 Å². The zero-order valence-electron chi connectivity index (χ0n) is 33.5. The number of halogens is 2. The number of nitrogen functional groups attached to an aromatic ring is 2. The molecular weight excluding hydrogens is 827 g/mol. The third-order valence-corrected chi connectivity index (χ3v) is 10.1. The predicted octanol–water partition coefficient (Wildman–Crippen LogP) is 6.89. The molecule has 6 heterocycles. The van der Waals surface area contributed by atoms with Gasteiger partial charge in [0.15, 0.2) is 11.6 Å². The predicted molar refractivity (Wildman–Crippen MR) is 244 cm³/mol. The van der Waals surface area contributed by atoms with Crippen LogP contribution in [0.4, 0.5) is 11.6 Å². The van der Waals surface area contributed by atoms with Gasteiger partial charge in [-0.05, 0) is 23.3 Å². The number of para-hydroxylation sites is 2. The largest absolute Gasteiger partial charge is 0.382 e. The van der Waals surface area contributed by atoms with Gasteiger partial charge in [0, 0.05) is 23.9 Å². The monoisotopic (exact) mass is 870 g/mol. The van der Waals surface area contributed by atoms with Crippen molar-refractivity contribution in [1.82, 2.24) is 59.1 Å². The van der Waals surface area contributed by atoms with Crippen LogP contribution in [-0.4, -0.2) is 72.3 Å². The normalized spacial score (nSPS) is 11.1. The number of benzene rings is 4. The smallest absolute Gasteiger partial charge is 0.152 e. The molecule has 4 aromatic carbocycles. The van der Waals surface area contributed by atoms with E-state index in [1.165, 1.54) is 11.1 Å². The van der Waals surface area contributed by atoms with Gasteiger partial charge in [-0.1, -0.05) is 107 Å². The van der Waals surface area contributed by atoms with Crippen molar-refractivity contribution in [3.05, 3.63) is 157 Å². The minimum absolute atomic E-state index is 0. The molecule has 316 valence electrons. The number of imidazole rings is 2. The second-order valence-corrected chi connectivity index (χ2v) is 14.2. The Morgan fingerprint density at radius 1 is 0.565 bits per heavy atom. The van der Waals surface area contributed by atoms with Gasteiger partial charge in [-0.25, -0.2) is 29.3 Å². The van der Waals surface area contributed by atoms with E-state index in [0.717, 1.165) is 55.3 Å². The van der Waals surface area contributed by atoms with Gasteiger partial charge in [0.1, 0.15) is 16.7 Å². The van der Waals surface area contributed by atoms with Crippen LogP contribution in [0.25, 0.3) is 43.9 Å². The molecule has 0 aliphatic carbocycles. The molecule has 10 aromatic rings. The summed E-state index contributed by atoms with van der Waals surface area (Å²) in [6.45, 7) is 4.57. The second kappa shape index (κ2) is 20.1. The van der Waals surface area contributed by atoms with E-state index in [9.17, 15) is 0 Å². The molecule has 16 nitrogen and oxygen atoms in total. The first-order chi connectivity index (χ1) is 29.6. The summed E-state index contributed by atoms with van der Waals surface area (Å²) >= 11 is 0.